The van der Waals surface area contributed by atoms with Gasteiger partial charge >= 0.3 is 0 Å². The van der Waals surface area contributed by atoms with Gasteiger partial charge in [0.25, 0.3) is 0 Å². The minimum atomic E-state index is -0.447. The van der Waals surface area contributed by atoms with E-state index in [1.165, 1.54) is 6.42 Å². The molecule has 2 aliphatic carbocycles. The van der Waals surface area contributed by atoms with Gasteiger partial charge in [0.05, 0.1) is 0 Å². The molecule has 0 aromatic heterocycles. The lowest BCUT2D eigenvalue weighted by Gasteiger charge is -2.41. The number of rotatable bonds is 3. The number of carbonyl (C=O) groups excluding carboxylic acids is 1. The summed E-state index contributed by atoms with van der Waals surface area (Å²) in [6, 6.07) is 0. The molecule has 0 amide bonds. The molecule has 2 rings (SSSR count). The number of ether oxygens (including phenoxy) is 1. The van der Waals surface area contributed by atoms with Gasteiger partial charge in [0.2, 0.25) is 0 Å². The Labute approximate surface area is 118 Å². The molecule has 19 heavy (non-hydrogen) atoms. The van der Waals surface area contributed by atoms with Crippen LogP contribution >= 0.6 is 0 Å². The zero-order valence-corrected chi connectivity index (χ0v) is 13.1. The lowest BCUT2D eigenvalue weighted by atomic mass is 9.68. The van der Waals surface area contributed by atoms with E-state index in [4.69, 9.17) is 4.74 Å². The highest BCUT2D eigenvalue weighted by molar-refractivity contribution is 5.89. The molecule has 0 heterocycles. The van der Waals surface area contributed by atoms with Crippen LogP contribution in [0.2, 0.25) is 0 Å². The largest absolute Gasteiger partial charge is 0.370 e. The normalized spacial score (nSPS) is 44.0. The maximum absolute atomic E-state index is 12.9. The summed E-state index contributed by atoms with van der Waals surface area (Å²) < 4.78 is 5.75. The molecule has 2 fully saturated rings. The third kappa shape index (κ3) is 3.04. The number of hydrogen-bond acceptors (Lipinski definition) is 2. The Morgan fingerprint density at radius 2 is 1.63 bits per heavy atom. The van der Waals surface area contributed by atoms with E-state index in [-0.39, 0.29) is 5.92 Å². The van der Waals surface area contributed by atoms with Crippen LogP contribution in [0.15, 0.2) is 0 Å². The van der Waals surface area contributed by atoms with E-state index >= 15 is 0 Å². The Hall–Kier alpha value is -0.370. The first-order valence-electron chi connectivity index (χ1n) is 8.08. The Bertz CT molecular complexity index is 315. The maximum Gasteiger partial charge on any atom is 0.167 e. The molecule has 2 nitrogen and oxygen atoms in total. The van der Waals surface area contributed by atoms with Crippen LogP contribution in [0, 0.1) is 23.7 Å². The number of hydrogen-bond donors (Lipinski definition) is 0. The summed E-state index contributed by atoms with van der Waals surface area (Å²) in [6.45, 7) is 6.90. The van der Waals surface area contributed by atoms with Crippen LogP contribution in [0.5, 0.6) is 0 Å². The van der Waals surface area contributed by atoms with E-state index < -0.39 is 5.60 Å². The third-order valence-electron chi connectivity index (χ3n) is 5.89. The van der Waals surface area contributed by atoms with Gasteiger partial charge in [0.1, 0.15) is 5.60 Å². The average molecular weight is 266 g/mol. The minimum Gasteiger partial charge on any atom is -0.370 e. The first-order chi connectivity index (χ1) is 8.98. The summed E-state index contributed by atoms with van der Waals surface area (Å²) in [5, 5.41) is 0. The monoisotopic (exact) mass is 266 g/mol. The molecule has 3 unspecified atom stereocenters. The van der Waals surface area contributed by atoms with Crippen molar-refractivity contribution in [1.82, 2.24) is 0 Å². The van der Waals surface area contributed by atoms with Crippen molar-refractivity contribution < 1.29 is 9.53 Å². The highest BCUT2D eigenvalue weighted by Gasteiger charge is 2.45. The van der Waals surface area contributed by atoms with Crippen LogP contribution < -0.4 is 0 Å². The molecule has 110 valence electrons. The van der Waals surface area contributed by atoms with Gasteiger partial charge in [-0.2, -0.15) is 0 Å². The van der Waals surface area contributed by atoms with E-state index in [0.29, 0.717) is 11.7 Å². The molecule has 0 aromatic rings. The van der Waals surface area contributed by atoms with Gasteiger partial charge in [-0.05, 0) is 62.7 Å². The van der Waals surface area contributed by atoms with Crippen LogP contribution in [0.25, 0.3) is 0 Å². The molecule has 3 atom stereocenters. The molecule has 2 aliphatic rings. The highest BCUT2D eigenvalue weighted by atomic mass is 16.5. The summed E-state index contributed by atoms with van der Waals surface area (Å²) in [5.41, 5.74) is -0.447. The van der Waals surface area contributed by atoms with E-state index in [1.54, 1.807) is 7.11 Å². The molecular formula is C17H30O2. The topological polar surface area (TPSA) is 26.3 Å². The average Bonchev–Trinajstić information content (AvgIpc) is 2.42. The Morgan fingerprint density at radius 1 is 1.00 bits per heavy atom. The van der Waals surface area contributed by atoms with E-state index in [2.05, 4.69) is 20.8 Å². The molecular weight excluding hydrogens is 236 g/mol. The minimum absolute atomic E-state index is 0.250. The van der Waals surface area contributed by atoms with Gasteiger partial charge in [0, 0.05) is 13.0 Å². The Morgan fingerprint density at radius 3 is 2.16 bits per heavy atom. The van der Waals surface area contributed by atoms with Crippen LogP contribution in [-0.4, -0.2) is 18.5 Å². The van der Waals surface area contributed by atoms with Crippen molar-refractivity contribution >= 4 is 5.78 Å². The Kier molecular flexibility index (Phi) is 4.70. The first kappa shape index (κ1) is 15.0. The second kappa shape index (κ2) is 5.95. The van der Waals surface area contributed by atoms with Crippen LogP contribution in [-0.2, 0) is 9.53 Å². The van der Waals surface area contributed by atoms with Crippen LogP contribution in [0.3, 0.4) is 0 Å². The predicted molar refractivity (Wildman–Crippen MR) is 78.0 cm³/mol. The molecule has 0 aliphatic heterocycles. The molecule has 0 N–H and O–H groups in total. The van der Waals surface area contributed by atoms with E-state index in [1.807, 2.05) is 0 Å². The second-order valence-corrected chi connectivity index (χ2v) is 7.21. The van der Waals surface area contributed by atoms with Crippen LogP contribution in [0.1, 0.15) is 65.7 Å². The predicted octanol–water partition coefficient (Wildman–Crippen LogP) is 4.22. The number of ketones is 1. The van der Waals surface area contributed by atoms with E-state index in [0.717, 1.165) is 50.4 Å². The number of carbonyl (C=O) groups is 1. The van der Waals surface area contributed by atoms with Gasteiger partial charge < -0.3 is 4.74 Å². The maximum atomic E-state index is 12.9. The van der Waals surface area contributed by atoms with Gasteiger partial charge in [-0.25, -0.2) is 0 Å². The standard InChI is InChI=1S/C17H30O2/c1-12-7-9-17(19-4,10-8-12)16(18)15-6-5-13(2)14(3)11-15/h12-15H,5-11H2,1-4H3. The molecule has 0 aromatic carbocycles. The molecule has 0 saturated heterocycles. The van der Waals surface area contributed by atoms with Gasteiger partial charge in [0.15, 0.2) is 5.78 Å². The molecule has 2 saturated carbocycles. The second-order valence-electron chi connectivity index (χ2n) is 7.21. The fourth-order valence-corrected chi connectivity index (χ4v) is 3.94. The molecule has 0 spiro atoms. The van der Waals surface area contributed by atoms with Gasteiger partial charge in [-0.3, -0.25) is 4.79 Å². The summed E-state index contributed by atoms with van der Waals surface area (Å²) in [4.78, 5) is 12.9. The number of Topliss-reactive ketones (excluding diaryl/α,β-unsaturated/α-hetero) is 1. The number of methoxy groups -OCH3 is 1. The summed E-state index contributed by atoms with van der Waals surface area (Å²) in [6.07, 6.45) is 7.49. The van der Waals surface area contributed by atoms with E-state index in [9.17, 15) is 4.79 Å². The van der Waals surface area contributed by atoms with Crippen LogP contribution in [0.4, 0.5) is 0 Å². The highest BCUT2D eigenvalue weighted by Crippen LogP contribution is 2.41. The SMILES string of the molecule is COC1(C(=O)C2CCC(C)C(C)C2)CCC(C)CC1. The zero-order chi connectivity index (χ0) is 14.0. The molecule has 2 heteroatoms. The summed E-state index contributed by atoms with van der Waals surface area (Å²) >= 11 is 0. The lowest BCUT2D eigenvalue weighted by Crippen LogP contribution is -2.48. The van der Waals surface area contributed by atoms with Crippen molar-refractivity contribution in [2.45, 2.75) is 71.3 Å². The van der Waals surface area contributed by atoms with Gasteiger partial charge in [-0.1, -0.05) is 20.8 Å². The Balaban J connectivity index is 2.04. The fraction of sp³-hybridized carbons (Fsp3) is 0.941. The summed E-state index contributed by atoms with van der Waals surface area (Å²) in [5.74, 6) is 2.87. The first-order valence-corrected chi connectivity index (χ1v) is 8.08. The summed E-state index contributed by atoms with van der Waals surface area (Å²) in [7, 11) is 1.74. The lowest BCUT2D eigenvalue weighted by molar-refractivity contribution is -0.152. The smallest absolute Gasteiger partial charge is 0.167 e. The molecule has 0 bridgehead atoms. The van der Waals surface area contributed by atoms with Gasteiger partial charge in [-0.15, -0.1) is 0 Å². The van der Waals surface area contributed by atoms with Crippen molar-refractivity contribution in [2.24, 2.45) is 23.7 Å². The third-order valence-corrected chi connectivity index (χ3v) is 5.89. The van der Waals surface area contributed by atoms with Crippen molar-refractivity contribution in [3.05, 3.63) is 0 Å². The zero-order valence-electron chi connectivity index (χ0n) is 13.1. The fourth-order valence-electron chi connectivity index (χ4n) is 3.94. The molecule has 0 radical (unpaired) electrons. The van der Waals surface area contributed by atoms with Crippen molar-refractivity contribution in [2.75, 3.05) is 7.11 Å². The van der Waals surface area contributed by atoms with Crippen molar-refractivity contribution in [3.63, 3.8) is 0 Å². The quantitative estimate of drug-likeness (QED) is 0.764. The van der Waals surface area contributed by atoms with Crippen molar-refractivity contribution in [3.8, 4) is 0 Å². The van der Waals surface area contributed by atoms with Crippen molar-refractivity contribution in [1.29, 1.82) is 0 Å².